The summed E-state index contributed by atoms with van der Waals surface area (Å²) in [5.74, 6) is 0.536. The molecule has 5 rings (SSSR count). The van der Waals surface area contributed by atoms with Crippen LogP contribution in [-0.4, -0.2) is 39.7 Å². The van der Waals surface area contributed by atoms with E-state index < -0.39 is 5.97 Å². The van der Waals surface area contributed by atoms with E-state index in [-0.39, 0.29) is 23.4 Å². The molecule has 0 saturated heterocycles. The van der Waals surface area contributed by atoms with Crippen LogP contribution in [0.1, 0.15) is 72.5 Å². The lowest BCUT2D eigenvalue weighted by Gasteiger charge is -2.32. The number of ether oxygens (including phenoxy) is 1. The molecule has 0 aromatic carbocycles. The number of aromatic nitrogens is 2. The Hall–Kier alpha value is -2.32. The van der Waals surface area contributed by atoms with Crippen molar-refractivity contribution in [3.63, 3.8) is 0 Å². The van der Waals surface area contributed by atoms with E-state index in [0.717, 1.165) is 54.8 Å². The lowest BCUT2D eigenvalue weighted by atomic mass is 9.84. The first-order chi connectivity index (χ1) is 14.9. The average molecular weight is 443 g/mol. The molecule has 0 unspecified atom stereocenters. The minimum atomic E-state index is -0.978. The molecule has 3 aliphatic carbocycles. The van der Waals surface area contributed by atoms with Gasteiger partial charge in [0.05, 0.1) is 11.2 Å². The Bertz CT molecular complexity index is 1090. The molecule has 1 saturated carbocycles. The number of hydrogen-bond acceptors (Lipinski definition) is 7. The van der Waals surface area contributed by atoms with Crippen LogP contribution >= 0.6 is 11.3 Å². The number of rotatable bonds is 7. The zero-order valence-corrected chi connectivity index (χ0v) is 18.6. The lowest BCUT2D eigenvalue weighted by Crippen LogP contribution is -2.33. The second-order valence-electron chi connectivity index (χ2n) is 9.08. The molecule has 31 heavy (non-hydrogen) atoms. The highest BCUT2D eigenvalue weighted by molar-refractivity contribution is 7.12. The Labute approximate surface area is 184 Å². The molecule has 0 amide bonds. The molecule has 3 aliphatic rings. The third kappa shape index (κ3) is 3.76. The molecule has 0 radical (unpaired) electrons. The number of nitrogens with zero attached hydrogens (tertiary/aromatic N) is 2. The van der Waals surface area contributed by atoms with Crippen molar-refractivity contribution in [3.05, 3.63) is 32.3 Å². The molecule has 0 bridgehead atoms. The van der Waals surface area contributed by atoms with Crippen LogP contribution in [0.2, 0.25) is 0 Å². The lowest BCUT2D eigenvalue weighted by molar-refractivity contribution is -0.133. The van der Waals surface area contributed by atoms with Gasteiger partial charge in [-0.1, -0.05) is 5.16 Å². The predicted molar refractivity (Wildman–Crippen MR) is 114 cm³/mol. The molecule has 0 spiro atoms. The maximum atomic E-state index is 13.1. The van der Waals surface area contributed by atoms with E-state index in [1.165, 1.54) is 10.4 Å². The van der Waals surface area contributed by atoms with Crippen LogP contribution in [0.4, 0.5) is 0 Å². The molecule has 164 valence electrons. The topological polar surface area (TPSA) is 103 Å². The summed E-state index contributed by atoms with van der Waals surface area (Å²) in [4.78, 5) is 31.4. The van der Waals surface area contributed by atoms with Crippen LogP contribution in [0, 0.1) is 0 Å². The van der Waals surface area contributed by atoms with Crippen LogP contribution in [0.25, 0.3) is 11.5 Å². The highest BCUT2D eigenvalue weighted by Crippen LogP contribution is 2.45. The first-order valence-corrected chi connectivity index (χ1v) is 11.7. The molecule has 2 heterocycles. The summed E-state index contributed by atoms with van der Waals surface area (Å²) in [7, 11) is 1.74. The number of methoxy groups -OCH3 is 1. The third-order valence-electron chi connectivity index (χ3n) is 6.83. The zero-order chi connectivity index (χ0) is 21.8. The number of carbonyl (C=O) groups is 2. The van der Waals surface area contributed by atoms with Gasteiger partial charge in [0.2, 0.25) is 0 Å². The normalized spacial score (nSPS) is 23.3. The maximum absolute atomic E-state index is 13.1. The standard InChI is InChI=1S/C23H26N2O5S/c1-23(29-2)9-8-15-18(11-23)31-17(10-16(26)13-4-3-5-14(13)22(27)28)19(15)21-24-20(25-30-21)12-6-7-12/h12H,3-11H2,1-2H3,(H,27,28)/t23-/m0/s1. The highest BCUT2D eigenvalue weighted by Gasteiger charge is 2.37. The molecular formula is C23H26N2O5S. The number of aliphatic carboxylic acids is 1. The summed E-state index contributed by atoms with van der Waals surface area (Å²) in [6, 6.07) is 0. The number of Topliss-reactive ketones (excluding diaryl/α,β-unsaturated/α-hetero) is 1. The molecule has 1 fully saturated rings. The van der Waals surface area contributed by atoms with Gasteiger partial charge in [-0.05, 0) is 57.4 Å². The summed E-state index contributed by atoms with van der Waals surface area (Å²) in [5.41, 5.74) is 2.58. The number of thiophene rings is 1. The van der Waals surface area contributed by atoms with E-state index in [2.05, 4.69) is 17.1 Å². The van der Waals surface area contributed by atoms with Crippen LogP contribution in [-0.2, 0) is 33.6 Å². The number of allylic oxidation sites excluding steroid dienone is 1. The van der Waals surface area contributed by atoms with Gasteiger partial charge in [0.15, 0.2) is 11.6 Å². The fourth-order valence-corrected chi connectivity index (χ4v) is 6.24. The Morgan fingerprint density at radius 2 is 2.03 bits per heavy atom. The van der Waals surface area contributed by atoms with Crippen LogP contribution in [0.15, 0.2) is 15.7 Å². The van der Waals surface area contributed by atoms with Crippen molar-refractivity contribution in [2.75, 3.05) is 7.11 Å². The zero-order valence-electron chi connectivity index (χ0n) is 17.8. The van der Waals surface area contributed by atoms with E-state index in [4.69, 9.17) is 9.26 Å². The number of ketones is 1. The Balaban J connectivity index is 1.53. The van der Waals surface area contributed by atoms with E-state index in [1.54, 1.807) is 18.4 Å². The average Bonchev–Trinajstić information content (AvgIpc) is 3.16. The number of carbonyl (C=O) groups excluding carboxylic acids is 1. The molecule has 2 aromatic heterocycles. The Kier molecular flexibility index (Phi) is 5.09. The van der Waals surface area contributed by atoms with Crippen molar-refractivity contribution in [2.45, 2.75) is 76.2 Å². The summed E-state index contributed by atoms with van der Waals surface area (Å²) in [6.07, 6.45) is 6.54. The molecule has 1 atom stereocenters. The summed E-state index contributed by atoms with van der Waals surface area (Å²) >= 11 is 1.61. The molecular weight excluding hydrogens is 416 g/mol. The van der Waals surface area contributed by atoms with Crippen LogP contribution in [0.5, 0.6) is 0 Å². The van der Waals surface area contributed by atoms with Gasteiger partial charge in [-0.15, -0.1) is 11.3 Å². The van der Waals surface area contributed by atoms with Gasteiger partial charge in [0, 0.05) is 46.8 Å². The van der Waals surface area contributed by atoms with Gasteiger partial charge in [-0.2, -0.15) is 4.98 Å². The van der Waals surface area contributed by atoms with Gasteiger partial charge < -0.3 is 14.4 Å². The molecule has 8 heteroatoms. The van der Waals surface area contributed by atoms with Gasteiger partial charge in [-0.25, -0.2) is 4.79 Å². The highest BCUT2D eigenvalue weighted by atomic mass is 32.1. The van der Waals surface area contributed by atoms with Crippen molar-refractivity contribution >= 4 is 23.1 Å². The minimum Gasteiger partial charge on any atom is -0.478 e. The SMILES string of the molecule is CO[C@@]1(C)CCc2c(sc(CC(=O)C3=C(C(=O)O)CCC3)c2-c2nc(C3CC3)no2)C1. The first-order valence-electron chi connectivity index (χ1n) is 10.9. The molecule has 0 aliphatic heterocycles. The van der Waals surface area contributed by atoms with Gasteiger partial charge in [0.25, 0.3) is 5.89 Å². The second-order valence-corrected chi connectivity index (χ2v) is 10.3. The smallest absolute Gasteiger partial charge is 0.331 e. The van der Waals surface area contributed by atoms with E-state index in [0.29, 0.717) is 30.2 Å². The number of hydrogen-bond donors (Lipinski definition) is 1. The summed E-state index contributed by atoms with van der Waals surface area (Å²) in [5, 5.41) is 13.6. The molecule has 2 aromatic rings. The minimum absolute atomic E-state index is 0.105. The first kappa shape index (κ1) is 20.6. The fourth-order valence-electron chi connectivity index (χ4n) is 4.72. The van der Waals surface area contributed by atoms with Crippen molar-refractivity contribution in [3.8, 4) is 11.5 Å². The van der Waals surface area contributed by atoms with Crippen molar-refractivity contribution in [1.82, 2.24) is 10.1 Å². The monoisotopic (exact) mass is 442 g/mol. The van der Waals surface area contributed by atoms with E-state index in [9.17, 15) is 14.7 Å². The summed E-state index contributed by atoms with van der Waals surface area (Å²) < 4.78 is 11.4. The van der Waals surface area contributed by atoms with E-state index >= 15 is 0 Å². The molecule has 7 nitrogen and oxygen atoms in total. The number of fused-ring (bicyclic) bond motifs is 1. The number of carboxylic acid groups (broad SMARTS) is 1. The third-order valence-corrected chi connectivity index (χ3v) is 8.06. The Morgan fingerprint density at radius 3 is 2.74 bits per heavy atom. The predicted octanol–water partition coefficient (Wildman–Crippen LogP) is 4.25. The second kappa shape index (κ2) is 7.67. The Morgan fingerprint density at radius 1 is 1.26 bits per heavy atom. The van der Waals surface area contributed by atoms with Crippen molar-refractivity contribution in [2.24, 2.45) is 0 Å². The van der Waals surface area contributed by atoms with Crippen molar-refractivity contribution < 1.29 is 24.0 Å². The maximum Gasteiger partial charge on any atom is 0.331 e. The quantitative estimate of drug-likeness (QED) is 0.684. The molecule has 1 N–H and O–H groups in total. The van der Waals surface area contributed by atoms with Gasteiger partial charge in [0.1, 0.15) is 0 Å². The largest absolute Gasteiger partial charge is 0.478 e. The van der Waals surface area contributed by atoms with E-state index in [1.807, 2.05) is 0 Å². The van der Waals surface area contributed by atoms with Crippen LogP contribution < -0.4 is 0 Å². The fraction of sp³-hybridized carbons (Fsp3) is 0.565. The van der Waals surface area contributed by atoms with Crippen molar-refractivity contribution in [1.29, 1.82) is 0 Å². The summed E-state index contributed by atoms with van der Waals surface area (Å²) in [6.45, 7) is 2.11. The van der Waals surface area contributed by atoms with Gasteiger partial charge >= 0.3 is 5.97 Å². The van der Waals surface area contributed by atoms with Crippen LogP contribution in [0.3, 0.4) is 0 Å². The number of carboxylic acids is 1. The van der Waals surface area contributed by atoms with Gasteiger partial charge in [-0.3, -0.25) is 4.79 Å².